The molecule has 2 rings (SSSR count). The fraction of sp³-hybridized carbons (Fsp3) is 0.529. The summed E-state index contributed by atoms with van der Waals surface area (Å²) in [4.78, 5) is 0. The summed E-state index contributed by atoms with van der Waals surface area (Å²) in [6, 6.07) is 4.24. The van der Waals surface area contributed by atoms with E-state index >= 15 is 0 Å². The van der Waals surface area contributed by atoms with E-state index < -0.39 is 0 Å². The lowest BCUT2D eigenvalue weighted by molar-refractivity contribution is 0.415. The van der Waals surface area contributed by atoms with Gasteiger partial charge in [0.25, 0.3) is 0 Å². The van der Waals surface area contributed by atoms with Crippen molar-refractivity contribution >= 4 is 10.9 Å². The lowest BCUT2D eigenvalue weighted by Crippen LogP contribution is -2.37. The molecular weight excluding hydrogens is 248 g/mol. The molecule has 1 aromatic heterocycles. The number of ether oxygens (including phenoxy) is 1. The second-order valence-electron chi connectivity index (χ2n) is 6.53. The second-order valence-corrected chi connectivity index (χ2v) is 6.53. The van der Waals surface area contributed by atoms with E-state index in [9.17, 15) is 0 Å². The zero-order valence-corrected chi connectivity index (χ0v) is 13.5. The van der Waals surface area contributed by atoms with Gasteiger partial charge in [0.15, 0.2) is 0 Å². The first-order valence-corrected chi connectivity index (χ1v) is 7.19. The Morgan fingerprint density at radius 3 is 2.55 bits per heavy atom. The molecule has 0 bridgehead atoms. The van der Waals surface area contributed by atoms with Crippen LogP contribution in [0.15, 0.2) is 18.3 Å². The highest BCUT2D eigenvalue weighted by atomic mass is 16.5. The molecule has 0 aliphatic heterocycles. The van der Waals surface area contributed by atoms with Crippen molar-refractivity contribution < 1.29 is 4.74 Å². The van der Waals surface area contributed by atoms with Gasteiger partial charge in [-0.2, -0.15) is 0 Å². The summed E-state index contributed by atoms with van der Waals surface area (Å²) in [5.74, 6) is 0.936. The van der Waals surface area contributed by atoms with E-state index in [0.29, 0.717) is 0 Å². The third kappa shape index (κ3) is 3.15. The average molecular weight is 274 g/mol. The van der Waals surface area contributed by atoms with E-state index in [2.05, 4.69) is 63.0 Å². The van der Waals surface area contributed by atoms with Crippen LogP contribution >= 0.6 is 0 Å². The summed E-state index contributed by atoms with van der Waals surface area (Å²) in [5, 5.41) is 4.85. The molecule has 0 radical (unpaired) electrons. The summed E-state index contributed by atoms with van der Waals surface area (Å²) in [6.07, 6.45) is 3.27. The molecule has 0 saturated carbocycles. The van der Waals surface area contributed by atoms with Crippen LogP contribution in [0, 0.1) is 6.92 Å². The molecule has 0 unspecified atom stereocenters. The average Bonchev–Trinajstić information content (AvgIpc) is 2.65. The van der Waals surface area contributed by atoms with Crippen LogP contribution in [0.5, 0.6) is 5.75 Å². The predicted octanol–water partition coefficient (Wildman–Crippen LogP) is 3.43. The number of hydrogen-bond donors (Lipinski definition) is 1. The molecular formula is C17H26N2O. The standard InChI is InChI=1S/C17H26N2O/c1-12-9-14(20-6)10-15-13(11-19(5)16(12)15)7-8-18-17(2,3)4/h9-11,18H,7-8H2,1-6H3. The van der Waals surface area contributed by atoms with Crippen LogP contribution in [0.2, 0.25) is 0 Å². The summed E-state index contributed by atoms with van der Waals surface area (Å²) < 4.78 is 7.62. The van der Waals surface area contributed by atoms with Gasteiger partial charge in [0, 0.05) is 24.2 Å². The fourth-order valence-corrected chi connectivity index (χ4v) is 2.72. The van der Waals surface area contributed by atoms with Gasteiger partial charge in [0.2, 0.25) is 0 Å². The first kappa shape index (κ1) is 14.9. The van der Waals surface area contributed by atoms with Crippen LogP contribution in [0.4, 0.5) is 0 Å². The summed E-state index contributed by atoms with van der Waals surface area (Å²) in [5.41, 5.74) is 4.10. The normalized spacial score (nSPS) is 12.1. The number of aromatic nitrogens is 1. The highest BCUT2D eigenvalue weighted by Crippen LogP contribution is 2.29. The maximum Gasteiger partial charge on any atom is 0.119 e. The van der Waals surface area contributed by atoms with E-state index in [4.69, 9.17) is 4.74 Å². The van der Waals surface area contributed by atoms with Gasteiger partial charge in [-0.05, 0) is 63.9 Å². The van der Waals surface area contributed by atoms with Gasteiger partial charge in [-0.3, -0.25) is 0 Å². The first-order chi connectivity index (χ1) is 9.31. The Bertz CT molecular complexity index is 605. The summed E-state index contributed by atoms with van der Waals surface area (Å²) >= 11 is 0. The summed E-state index contributed by atoms with van der Waals surface area (Å²) in [6.45, 7) is 9.72. The number of nitrogens with zero attached hydrogens (tertiary/aromatic N) is 1. The van der Waals surface area contributed by atoms with Gasteiger partial charge in [0.05, 0.1) is 12.6 Å². The van der Waals surface area contributed by atoms with Crippen LogP contribution < -0.4 is 10.1 Å². The zero-order valence-electron chi connectivity index (χ0n) is 13.5. The third-order valence-corrected chi connectivity index (χ3v) is 3.61. The van der Waals surface area contributed by atoms with Gasteiger partial charge < -0.3 is 14.6 Å². The molecule has 2 aromatic rings. The zero-order chi connectivity index (χ0) is 14.9. The molecule has 0 saturated heterocycles. The highest BCUT2D eigenvalue weighted by Gasteiger charge is 2.12. The van der Waals surface area contributed by atoms with Crippen molar-refractivity contribution in [2.75, 3.05) is 13.7 Å². The number of hydrogen-bond acceptors (Lipinski definition) is 2. The summed E-state index contributed by atoms with van der Waals surface area (Å²) in [7, 11) is 3.84. The van der Waals surface area contributed by atoms with E-state index in [1.54, 1.807) is 7.11 Å². The van der Waals surface area contributed by atoms with E-state index in [1.165, 1.54) is 22.0 Å². The Labute approximate surface area is 121 Å². The van der Waals surface area contributed by atoms with E-state index in [-0.39, 0.29) is 5.54 Å². The van der Waals surface area contributed by atoms with Crippen LogP contribution in [0.25, 0.3) is 10.9 Å². The molecule has 3 nitrogen and oxygen atoms in total. The maximum atomic E-state index is 5.40. The van der Waals surface area contributed by atoms with E-state index in [0.717, 1.165) is 18.7 Å². The van der Waals surface area contributed by atoms with E-state index in [1.807, 2.05) is 0 Å². The monoisotopic (exact) mass is 274 g/mol. The Morgan fingerprint density at radius 1 is 1.25 bits per heavy atom. The predicted molar refractivity (Wildman–Crippen MR) is 85.7 cm³/mol. The number of aryl methyl sites for hydroxylation is 2. The van der Waals surface area contributed by atoms with Gasteiger partial charge >= 0.3 is 0 Å². The Morgan fingerprint density at radius 2 is 1.95 bits per heavy atom. The van der Waals surface area contributed by atoms with Crippen LogP contribution in [-0.2, 0) is 13.5 Å². The largest absolute Gasteiger partial charge is 0.497 e. The lowest BCUT2D eigenvalue weighted by Gasteiger charge is -2.20. The number of methoxy groups -OCH3 is 1. The van der Waals surface area contributed by atoms with Crippen molar-refractivity contribution in [2.24, 2.45) is 7.05 Å². The van der Waals surface area contributed by atoms with Crippen molar-refractivity contribution in [1.29, 1.82) is 0 Å². The Hall–Kier alpha value is -1.48. The smallest absolute Gasteiger partial charge is 0.119 e. The molecule has 1 aromatic carbocycles. The molecule has 0 spiro atoms. The molecule has 0 aliphatic rings. The van der Waals surface area contributed by atoms with Crippen molar-refractivity contribution in [3.05, 3.63) is 29.5 Å². The van der Waals surface area contributed by atoms with Crippen molar-refractivity contribution in [2.45, 2.75) is 39.7 Å². The van der Waals surface area contributed by atoms with Crippen molar-refractivity contribution in [3.63, 3.8) is 0 Å². The van der Waals surface area contributed by atoms with Gasteiger partial charge in [0.1, 0.15) is 5.75 Å². The van der Waals surface area contributed by atoms with Gasteiger partial charge in [-0.25, -0.2) is 0 Å². The van der Waals surface area contributed by atoms with Crippen molar-refractivity contribution in [3.8, 4) is 5.75 Å². The SMILES string of the molecule is COc1cc(C)c2c(c1)c(CCNC(C)(C)C)cn2C. The molecule has 1 N–H and O–H groups in total. The number of benzene rings is 1. The Kier molecular flexibility index (Phi) is 4.09. The maximum absolute atomic E-state index is 5.40. The van der Waals surface area contributed by atoms with Gasteiger partial charge in [-0.15, -0.1) is 0 Å². The molecule has 0 aliphatic carbocycles. The third-order valence-electron chi connectivity index (χ3n) is 3.61. The lowest BCUT2D eigenvalue weighted by atomic mass is 10.1. The first-order valence-electron chi connectivity index (χ1n) is 7.19. The van der Waals surface area contributed by atoms with Crippen LogP contribution in [0.1, 0.15) is 31.9 Å². The molecule has 110 valence electrons. The quantitative estimate of drug-likeness (QED) is 0.924. The fourth-order valence-electron chi connectivity index (χ4n) is 2.72. The van der Waals surface area contributed by atoms with Gasteiger partial charge in [-0.1, -0.05) is 0 Å². The Balaban J connectivity index is 2.32. The minimum absolute atomic E-state index is 0.165. The number of rotatable bonds is 4. The number of fused-ring (bicyclic) bond motifs is 1. The topological polar surface area (TPSA) is 26.2 Å². The molecule has 1 heterocycles. The highest BCUT2D eigenvalue weighted by molar-refractivity contribution is 5.88. The van der Waals surface area contributed by atoms with Crippen LogP contribution in [0.3, 0.4) is 0 Å². The molecule has 3 heteroatoms. The minimum Gasteiger partial charge on any atom is -0.497 e. The molecule has 0 atom stereocenters. The second kappa shape index (κ2) is 5.49. The number of nitrogens with one attached hydrogen (secondary N) is 1. The van der Waals surface area contributed by atoms with Crippen molar-refractivity contribution in [1.82, 2.24) is 9.88 Å². The molecule has 0 fully saturated rings. The van der Waals surface area contributed by atoms with Crippen LogP contribution in [-0.4, -0.2) is 23.8 Å². The minimum atomic E-state index is 0.165. The molecule has 0 amide bonds. The molecule has 20 heavy (non-hydrogen) atoms.